The summed E-state index contributed by atoms with van der Waals surface area (Å²) >= 11 is 0. The van der Waals surface area contributed by atoms with Gasteiger partial charge in [-0.2, -0.15) is 0 Å². The zero-order valence-electron chi connectivity index (χ0n) is 23.4. The van der Waals surface area contributed by atoms with E-state index in [4.69, 9.17) is 18.9 Å². The van der Waals surface area contributed by atoms with Crippen LogP contribution in [0.4, 0.5) is 17.1 Å². The molecule has 4 aromatic carbocycles. The minimum atomic E-state index is -0.954. The van der Waals surface area contributed by atoms with Crippen LogP contribution in [0.25, 0.3) is 0 Å². The van der Waals surface area contributed by atoms with Gasteiger partial charge < -0.3 is 34.1 Å². The molecule has 43 heavy (non-hydrogen) atoms. The van der Waals surface area contributed by atoms with Gasteiger partial charge in [0.2, 0.25) is 12.7 Å². The largest absolute Gasteiger partial charge is 0.491 e. The number of benzene rings is 4. The summed E-state index contributed by atoms with van der Waals surface area (Å²) in [7, 11) is 0. The molecule has 1 spiro atoms. The molecule has 1 atom stereocenters. The number of carbonyl (C=O) groups excluding carboxylic acids is 2. The lowest BCUT2D eigenvalue weighted by atomic mass is 9.77. The molecule has 1 unspecified atom stereocenters. The Morgan fingerprint density at radius 2 is 1.56 bits per heavy atom. The molecule has 0 aromatic heterocycles. The summed E-state index contributed by atoms with van der Waals surface area (Å²) < 4.78 is 22.7. The maximum absolute atomic E-state index is 14.3. The van der Waals surface area contributed by atoms with E-state index in [1.165, 1.54) is 0 Å². The number of fused-ring (bicyclic) bond motifs is 5. The minimum Gasteiger partial charge on any atom is -0.491 e. The number of amides is 2. The average molecular weight is 576 g/mol. The highest BCUT2D eigenvalue weighted by molar-refractivity contribution is 6.11. The lowest BCUT2D eigenvalue weighted by Crippen LogP contribution is -2.42. The maximum Gasteiger partial charge on any atom is 0.255 e. The molecule has 216 valence electrons. The van der Waals surface area contributed by atoms with Crippen molar-refractivity contribution in [2.45, 2.75) is 12.0 Å². The lowest BCUT2D eigenvalue weighted by molar-refractivity contribution is -0.122. The van der Waals surface area contributed by atoms with Crippen molar-refractivity contribution in [3.8, 4) is 17.2 Å². The van der Waals surface area contributed by atoms with Crippen molar-refractivity contribution in [2.24, 2.45) is 0 Å². The van der Waals surface area contributed by atoms with Crippen LogP contribution in [0.2, 0.25) is 0 Å². The SMILES string of the molecule is O=C(Nc1ccc(N2CCOCC2)cc1)c1ccc(CN2C(=O)C3(COc4cc5c(cc43)OCO5)c3ccccc32)cc1. The van der Waals surface area contributed by atoms with Gasteiger partial charge in [-0.25, -0.2) is 0 Å². The van der Waals surface area contributed by atoms with Gasteiger partial charge in [-0.3, -0.25) is 9.59 Å². The van der Waals surface area contributed by atoms with Crippen molar-refractivity contribution < 1.29 is 28.5 Å². The number of hydrogen-bond donors (Lipinski definition) is 1. The van der Waals surface area contributed by atoms with Crippen LogP contribution in [0.15, 0.2) is 84.9 Å². The van der Waals surface area contributed by atoms with Crippen LogP contribution in [0.3, 0.4) is 0 Å². The van der Waals surface area contributed by atoms with E-state index in [1.807, 2.05) is 77.7 Å². The molecular weight excluding hydrogens is 546 g/mol. The van der Waals surface area contributed by atoms with Crippen LogP contribution in [-0.4, -0.2) is 51.5 Å². The Labute approximate surface area is 248 Å². The predicted molar refractivity (Wildman–Crippen MR) is 160 cm³/mol. The molecule has 4 aliphatic rings. The van der Waals surface area contributed by atoms with Gasteiger partial charge in [0.05, 0.1) is 19.8 Å². The van der Waals surface area contributed by atoms with Gasteiger partial charge in [-0.15, -0.1) is 0 Å². The fraction of sp³-hybridized carbons (Fsp3) is 0.235. The highest BCUT2D eigenvalue weighted by atomic mass is 16.7. The Kier molecular flexibility index (Phi) is 6.01. The molecule has 9 nitrogen and oxygen atoms in total. The first-order chi connectivity index (χ1) is 21.1. The second-order valence-electron chi connectivity index (χ2n) is 11.1. The number of hydrogen-bond acceptors (Lipinski definition) is 7. The van der Waals surface area contributed by atoms with Crippen LogP contribution in [0.5, 0.6) is 17.2 Å². The number of morpholine rings is 1. The lowest BCUT2D eigenvalue weighted by Gasteiger charge is -2.28. The Morgan fingerprint density at radius 3 is 2.35 bits per heavy atom. The quantitative estimate of drug-likeness (QED) is 0.368. The van der Waals surface area contributed by atoms with Crippen molar-refractivity contribution in [3.05, 3.63) is 107 Å². The van der Waals surface area contributed by atoms with Gasteiger partial charge in [0.25, 0.3) is 5.91 Å². The highest BCUT2D eigenvalue weighted by Crippen LogP contribution is 2.55. The van der Waals surface area contributed by atoms with Crippen LogP contribution >= 0.6 is 0 Å². The van der Waals surface area contributed by atoms with Gasteiger partial charge in [0.15, 0.2) is 11.5 Å². The number of para-hydroxylation sites is 1. The molecular formula is C34H29N3O6. The Morgan fingerprint density at radius 1 is 0.814 bits per heavy atom. The molecule has 1 N–H and O–H groups in total. The van der Waals surface area contributed by atoms with E-state index in [1.54, 1.807) is 12.1 Å². The first-order valence-corrected chi connectivity index (χ1v) is 14.4. The Bertz CT molecular complexity index is 1730. The summed E-state index contributed by atoms with van der Waals surface area (Å²) in [6.07, 6.45) is 0. The van der Waals surface area contributed by atoms with Gasteiger partial charge in [-0.05, 0) is 59.7 Å². The molecule has 0 aliphatic carbocycles. The van der Waals surface area contributed by atoms with E-state index in [9.17, 15) is 9.59 Å². The van der Waals surface area contributed by atoms with Gasteiger partial charge in [-0.1, -0.05) is 30.3 Å². The summed E-state index contributed by atoms with van der Waals surface area (Å²) in [6, 6.07) is 26.8. The molecule has 0 radical (unpaired) electrons. The monoisotopic (exact) mass is 575 g/mol. The van der Waals surface area contributed by atoms with Crippen molar-refractivity contribution in [1.29, 1.82) is 0 Å². The van der Waals surface area contributed by atoms with Crippen molar-refractivity contribution in [2.75, 3.05) is 54.8 Å². The number of anilines is 3. The van der Waals surface area contributed by atoms with Gasteiger partial charge in [0.1, 0.15) is 17.8 Å². The van der Waals surface area contributed by atoms with Crippen LogP contribution in [-0.2, 0) is 21.5 Å². The molecule has 0 bridgehead atoms. The summed E-state index contributed by atoms with van der Waals surface area (Å²) in [5, 5.41) is 2.98. The smallest absolute Gasteiger partial charge is 0.255 e. The van der Waals surface area contributed by atoms with Crippen molar-refractivity contribution in [3.63, 3.8) is 0 Å². The fourth-order valence-electron chi connectivity index (χ4n) is 6.45. The Hall–Kier alpha value is -5.02. The third-order valence-electron chi connectivity index (χ3n) is 8.70. The third-order valence-corrected chi connectivity index (χ3v) is 8.70. The second kappa shape index (κ2) is 10.1. The molecule has 2 amide bonds. The first kappa shape index (κ1) is 25.7. The topological polar surface area (TPSA) is 89.6 Å². The number of carbonyl (C=O) groups is 2. The molecule has 1 saturated heterocycles. The van der Waals surface area contributed by atoms with Crippen LogP contribution < -0.4 is 29.3 Å². The number of ether oxygens (including phenoxy) is 4. The molecule has 9 heteroatoms. The van der Waals surface area contributed by atoms with E-state index in [0.29, 0.717) is 29.4 Å². The van der Waals surface area contributed by atoms with Crippen molar-refractivity contribution in [1.82, 2.24) is 0 Å². The van der Waals surface area contributed by atoms with E-state index in [0.717, 1.165) is 60.1 Å². The zero-order chi connectivity index (χ0) is 29.0. The molecule has 0 saturated carbocycles. The summed E-state index contributed by atoms with van der Waals surface area (Å²) in [6.45, 7) is 3.90. The first-order valence-electron chi connectivity index (χ1n) is 14.4. The second-order valence-corrected chi connectivity index (χ2v) is 11.1. The third kappa shape index (κ3) is 4.19. The van der Waals surface area contributed by atoms with E-state index >= 15 is 0 Å². The fourth-order valence-corrected chi connectivity index (χ4v) is 6.45. The molecule has 1 fully saturated rings. The molecule has 4 aliphatic heterocycles. The summed E-state index contributed by atoms with van der Waals surface area (Å²) in [5.74, 6) is 1.65. The van der Waals surface area contributed by atoms with Crippen LogP contribution in [0.1, 0.15) is 27.0 Å². The average Bonchev–Trinajstić information content (AvgIpc) is 3.73. The summed E-state index contributed by atoms with van der Waals surface area (Å²) in [4.78, 5) is 31.3. The number of nitrogens with zero attached hydrogens (tertiary/aromatic N) is 2. The van der Waals surface area contributed by atoms with Crippen LogP contribution in [0, 0.1) is 0 Å². The zero-order valence-corrected chi connectivity index (χ0v) is 23.4. The summed E-state index contributed by atoms with van der Waals surface area (Å²) in [5.41, 5.74) is 4.90. The van der Waals surface area contributed by atoms with E-state index in [-0.39, 0.29) is 25.2 Å². The predicted octanol–water partition coefficient (Wildman–Crippen LogP) is 4.73. The Balaban J connectivity index is 1.00. The molecule has 8 rings (SSSR count). The van der Waals surface area contributed by atoms with Gasteiger partial charge in [0, 0.05) is 47.3 Å². The van der Waals surface area contributed by atoms with E-state index in [2.05, 4.69) is 10.2 Å². The number of nitrogens with one attached hydrogen (secondary N) is 1. The standard InChI is InChI=1S/C34H29N3O6/c38-32(35-24-9-11-25(12-10-24)36-13-15-40-16-14-36)23-7-5-22(6-8-23)19-37-28-4-2-1-3-26(28)34(33(37)39)20-41-29-18-31-30(17-27(29)34)42-21-43-31/h1-12,17-18H,13-16,19-21H2,(H,35,38). The number of rotatable bonds is 5. The van der Waals surface area contributed by atoms with Gasteiger partial charge >= 0.3 is 0 Å². The van der Waals surface area contributed by atoms with Crippen molar-refractivity contribution >= 4 is 28.9 Å². The normalized spacial score (nSPS) is 19.8. The highest BCUT2D eigenvalue weighted by Gasteiger charge is 2.57. The molecule has 4 heterocycles. The minimum absolute atomic E-state index is 0.0475. The van der Waals surface area contributed by atoms with E-state index < -0.39 is 5.41 Å². The maximum atomic E-state index is 14.3. The molecule has 4 aromatic rings.